The zero-order valence-electron chi connectivity index (χ0n) is 6.35. The van der Waals surface area contributed by atoms with Gasteiger partial charge in [-0.1, -0.05) is 23.2 Å². The molecule has 2 rings (SSSR count). The maximum Gasteiger partial charge on any atom is 0.143 e. The third-order valence-corrected chi connectivity index (χ3v) is 1.90. The predicted octanol–water partition coefficient (Wildman–Crippen LogP) is 1.97. The molecule has 0 radical (unpaired) electrons. The highest BCUT2D eigenvalue weighted by Gasteiger charge is 2.00. The molecule has 1 aromatic carbocycles. The van der Waals surface area contributed by atoms with Crippen molar-refractivity contribution in [3.8, 4) is 5.69 Å². The van der Waals surface area contributed by atoms with Gasteiger partial charge in [0, 0.05) is 10.0 Å². The minimum absolute atomic E-state index is 0.554. The second kappa shape index (κ2) is 3.32. The average Bonchev–Trinajstić information content (AvgIpc) is 2.53. The van der Waals surface area contributed by atoms with Crippen LogP contribution in [0.2, 0.25) is 10.0 Å². The van der Waals surface area contributed by atoms with Crippen LogP contribution in [0, 0.1) is 0 Å². The van der Waals surface area contributed by atoms with E-state index in [1.165, 1.54) is 11.0 Å². The van der Waals surface area contributed by atoms with Crippen molar-refractivity contribution in [2.24, 2.45) is 0 Å². The first-order valence-electron chi connectivity index (χ1n) is 3.45. The standard InChI is InChI=1S/C7H4Cl2N4/c8-5-1-6(9)3-7(2-5)13-4-10-11-12-13/h1-4H. The lowest BCUT2D eigenvalue weighted by Crippen LogP contribution is -1.94. The Balaban J connectivity index is 2.53. The van der Waals surface area contributed by atoms with E-state index in [2.05, 4.69) is 15.5 Å². The number of rotatable bonds is 1. The van der Waals surface area contributed by atoms with E-state index in [0.717, 1.165) is 5.69 Å². The normalized spacial score (nSPS) is 10.3. The van der Waals surface area contributed by atoms with E-state index in [1.54, 1.807) is 18.2 Å². The van der Waals surface area contributed by atoms with Crippen molar-refractivity contribution in [1.29, 1.82) is 0 Å². The van der Waals surface area contributed by atoms with Gasteiger partial charge in [0.1, 0.15) is 6.33 Å². The number of aromatic nitrogens is 4. The molecule has 0 bridgehead atoms. The maximum atomic E-state index is 5.80. The lowest BCUT2D eigenvalue weighted by molar-refractivity contribution is 0.789. The summed E-state index contributed by atoms with van der Waals surface area (Å²) in [6.07, 6.45) is 1.47. The van der Waals surface area contributed by atoms with Gasteiger partial charge >= 0.3 is 0 Å². The molecular weight excluding hydrogens is 211 g/mol. The van der Waals surface area contributed by atoms with Gasteiger partial charge in [-0.25, -0.2) is 4.68 Å². The molecule has 0 saturated heterocycles. The number of hydrogen-bond donors (Lipinski definition) is 0. The first kappa shape index (κ1) is 8.47. The molecule has 4 nitrogen and oxygen atoms in total. The summed E-state index contributed by atoms with van der Waals surface area (Å²) in [4.78, 5) is 0. The monoisotopic (exact) mass is 214 g/mol. The molecule has 1 heterocycles. The molecule has 0 fully saturated rings. The fourth-order valence-corrected chi connectivity index (χ4v) is 1.47. The molecule has 6 heteroatoms. The molecule has 0 N–H and O–H groups in total. The molecule has 0 spiro atoms. The van der Waals surface area contributed by atoms with Crippen LogP contribution in [0.15, 0.2) is 24.5 Å². The van der Waals surface area contributed by atoms with Crippen LogP contribution in [0.25, 0.3) is 5.69 Å². The molecule has 2 aromatic rings. The van der Waals surface area contributed by atoms with Crippen molar-refractivity contribution >= 4 is 23.2 Å². The summed E-state index contributed by atoms with van der Waals surface area (Å²) in [5, 5.41) is 11.8. The Morgan fingerprint density at radius 3 is 2.31 bits per heavy atom. The van der Waals surface area contributed by atoms with Crippen LogP contribution in [0.5, 0.6) is 0 Å². The van der Waals surface area contributed by atoms with E-state index < -0.39 is 0 Å². The number of nitrogens with zero attached hydrogens (tertiary/aromatic N) is 4. The summed E-state index contributed by atoms with van der Waals surface area (Å²) in [5.74, 6) is 0. The zero-order chi connectivity index (χ0) is 9.26. The number of benzene rings is 1. The molecule has 0 saturated carbocycles. The van der Waals surface area contributed by atoms with Gasteiger partial charge in [0.05, 0.1) is 5.69 Å². The fraction of sp³-hybridized carbons (Fsp3) is 0. The third kappa shape index (κ3) is 1.79. The van der Waals surface area contributed by atoms with Crippen molar-refractivity contribution in [3.05, 3.63) is 34.6 Å². The largest absolute Gasteiger partial charge is 0.200 e. The summed E-state index contributed by atoms with van der Waals surface area (Å²) in [7, 11) is 0. The molecule has 0 atom stereocenters. The van der Waals surface area contributed by atoms with E-state index in [9.17, 15) is 0 Å². The van der Waals surface area contributed by atoms with Gasteiger partial charge in [-0.3, -0.25) is 0 Å². The van der Waals surface area contributed by atoms with Crippen LogP contribution in [-0.2, 0) is 0 Å². The topological polar surface area (TPSA) is 43.6 Å². The highest BCUT2D eigenvalue weighted by Crippen LogP contribution is 2.20. The Hall–Kier alpha value is -1.13. The predicted molar refractivity (Wildman–Crippen MR) is 49.2 cm³/mol. The van der Waals surface area contributed by atoms with Crippen LogP contribution < -0.4 is 0 Å². The quantitative estimate of drug-likeness (QED) is 0.730. The molecular formula is C7H4Cl2N4. The van der Waals surface area contributed by atoms with E-state index in [-0.39, 0.29) is 0 Å². The molecule has 13 heavy (non-hydrogen) atoms. The summed E-state index contributed by atoms with van der Waals surface area (Å²) >= 11 is 11.6. The van der Waals surface area contributed by atoms with Crippen LogP contribution in [0.1, 0.15) is 0 Å². The van der Waals surface area contributed by atoms with E-state index in [0.29, 0.717) is 10.0 Å². The Morgan fingerprint density at radius 1 is 1.08 bits per heavy atom. The molecule has 1 aromatic heterocycles. The third-order valence-electron chi connectivity index (χ3n) is 1.46. The zero-order valence-corrected chi connectivity index (χ0v) is 7.87. The smallest absolute Gasteiger partial charge is 0.143 e. The first-order valence-corrected chi connectivity index (χ1v) is 4.21. The molecule has 0 aliphatic carbocycles. The molecule has 0 amide bonds. The van der Waals surface area contributed by atoms with Gasteiger partial charge in [-0.2, -0.15) is 0 Å². The van der Waals surface area contributed by atoms with Gasteiger partial charge in [0.2, 0.25) is 0 Å². The minimum Gasteiger partial charge on any atom is -0.200 e. The Labute approximate surface area is 84.1 Å². The Morgan fingerprint density at radius 2 is 1.77 bits per heavy atom. The average molecular weight is 215 g/mol. The van der Waals surface area contributed by atoms with Crippen molar-refractivity contribution in [2.45, 2.75) is 0 Å². The van der Waals surface area contributed by atoms with Gasteiger partial charge in [-0.15, -0.1) is 5.10 Å². The van der Waals surface area contributed by atoms with Crippen LogP contribution >= 0.6 is 23.2 Å². The highest BCUT2D eigenvalue weighted by molar-refractivity contribution is 6.34. The summed E-state index contributed by atoms with van der Waals surface area (Å²) in [6.45, 7) is 0. The van der Waals surface area contributed by atoms with Crippen LogP contribution in [0.3, 0.4) is 0 Å². The van der Waals surface area contributed by atoms with E-state index in [1.807, 2.05) is 0 Å². The van der Waals surface area contributed by atoms with Crippen LogP contribution in [0.4, 0.5) is 0 Å². The van der Waals surface area contributed by atoms with Crippen molar-refractivity contribution < 1.29 is 0 Å². The second-order valence-electron chi connectivity index (χ2n) is 2.38. The molecule has 0 aliphatic rings. The van der Waals surface area contributed by atoms with Crippen molar-refractivity contribution in [3.63, 3.8) is 0 Å². The lowest BCUT2D eigenvalue weighted by atomic mass is 10.3. The van der Waals surface area contributed by atoms with Crippen molar-refractivity contribution in [1.82, 2.24) is 20.2 Å². The van der Waals surface area contributed by atoms with E-state index in [4.69, 9.17) is 23.2 Å². The van der Waals surface area contributed by atoms with Gasteiger partial charge in [-0.05, 0) is 28.6 Å². The highest BCUT2D eigenvalue weighted by atomic mass is 35.5. The minimum atomic E-state index is 0.554. The van der Waals surface area contributed by atoms with Gasteiger partial charge in [0.15, 0.2) is 0 Å². The lowest BCUT2D eigenvalue weighted by Gasteiger charge is -2.00. The Bertz CT molecular complexity index is 392. The summed E-state index contributed by atoms with van der Waals surface area (Å²) in [5.41, 5.74) is 0.738. The molecule has 0 unspecified atom stereocenters. The van der Waals surface area contributed by atoms with Gasteiger partial charge < -0.3 is 0 Å². The number of tetrazole rings is 1. The summed E-state index contributed by atoms with van der Waals surface area (Å²) in [6, 6.07) is 5.10. The maximum absolute atomic E-state index is 5.80. The molecule has 66 valence electrons. The number of hydrogen-bond acceptors (Lipinski definition) is 3. The molecule has 0 aliphatic heterocycles. The first-order chi connectivity index (χ1) is 6.25. The van der Waals surface area contributed by atoms with Gasteiger partial charge in [0.25, 0.3) is 0 Å². The number of halogens is 2. The Kier molecular flexibility index (Phi) is 2.16. The van der Waals surface area contributed by atoms with Crippen molar-refractivity contribution in [2.75, 3.05) is 0 Å². The second-order valence-corrected chi connectivity index (χ2v) is 3.25. The summed E-state index contributed by atoms with van der Waals surface area (Å²) < 4.78 is 1.48. The van der Waals surface area contributed by atoms with Crippen LogP contribution in [-0.4, -0.2) is 20.2 Å². The van der Waals surface area contributed by atoms with E-state index >= 15 is 0 Å². The SMILES string of the molecule is Clc1cc(Cl)cc(-n2cnnn2)c1. The fourth-order valence-electron chi connectivity index (χ4n) is 0.951.